The monoisotopic (exact) mass is 435 g/mol. The van der Waals surface area contributed by atoms with E-state index in [2.05, 4.69) is 11.5 Å². The van der Waals surface area contributed by atoms with Gasteiger partial charge in [0.15, 0.2) is 14.1 Å². The van der Waals surface area contributed by atoms with E-state index in [9.17, 15) is 18.0 Å². The number of halogens is 3. The van der Waals surface area contributed by atoms with Gasteiger partial charge in [0.2, 0.25) is 5.91 Å². The van der Waals surface area contributed by atoms with Crippen LogP contribution in [0, 0.1) is 5.82 Å². The van der Waals surface area contributed by atoms with Crippen LogP contribution in [0.1, 0.15) is 38.1 Å². The molecule has 2 aliphatic carbocycles. The third-order valence-electron chi connectivity index (χ3n) is 5.83. The molecule has 30 heavy (non-hydrogen) atoms. The molecule has 1 unspecified atom stereocenters. The Bertz CT molecular complexity index is 1070. The second-order valence-corrected chi connectivity index (χ2v) is 13.8. The van der Waals surface area contributed by atoms with E-state index >= 15 is 0 Å². The number of benzene rings is 1. The van der Waals surface area contributed by atoms with Crippen molar-refractivity contribution < 1.29 is 27.1 Å². The van der Waals surface area contributed by atoms with Crippen LogP contribution in [0.4, 0.5) is 13.2 Å². The van der Waals surface area contributed by atoms with Crippen LogP contribution in [0.2, 0.25) is 18.1 Å². The van der Waals surface area contributed by atoms with E-state index in [1.54, 1.807) is 6.92 Å². The molecule has 2 N–H and O–H groups in total. The van der Waals surface area contributed by atoms with Crippen molar-refractivity contribution in [3.05, 3.63) is 63.5 Å². The molecule has 1 fully saturated rings. The molecule has 1 amide bonds. The summed E-state index contributed by atoms with van der Waals surface area (Å²) >= 11 is 0. The van der Waals surface area contributed by atoms with Crippen LogP contribution in [-0.2, 0) is 4.43 Å². The van der Waals surface area contributed by atoms with E-state index in [4.69, 9.17) is 14.9 Å². The van der Waals surface area contributed by atoms with Crippen molar-refractivity contribution in [2.45, 2.75) is 57.9 Å². The third-order valence-corrected chi connectivity index (χ3v) is 10.3. The molecule has 0 heterocycles. The van der Waals surface area contributed by atoms with E-state index < -0.39 is 32.1 Å². The molecular weight excluding hydrogens is 411 g/mol. The summed E-state index contributed by atoms with van der Waals surface area (Å²) in [5.74, 6) is -4.59. The maximum Gasteiger partial charge on any atom is 0.309 e. The first-order valence-electron chi connectivity index (χ1n) is 9.47. The van der Waals surface area contributed by atoms with Gasteiger partial charge in [-0.1, -0.05) is 26.5 Å². The second-order valence-electron chi connectivity index (χ2n) is 9.02. The zero-order valence-electron chi connectivity index (χ0n) is 17.7. The van der Waals surface area contributed by atoms with Gasteiger partial charge in [-0.05, 0) is 42.9 Å². The molecule has 0 radical (unpaired) electrons. The van der Waals surface area contributed by atoms with Crippen LogP contribution in [0.3, 0.4) is 0 Å². The average Bonchev–Trinajstić information content (AvgIpc) is 2.60. The fourth-order valence-corrected chi connectivity index (χ4v) is 4.21. The SMILES string of the molecule is CC1=C2C(=C=C=C1Oc1cc(F)cc(C(N)=O)c1)C(F)(F)C2O[Si](C)(C)C(C)(C)C. The molecular formula is C22H24F3NO3Si. The molecule has 0 bridgehead atoms. The molecule has 2 aliphatic rings. The zero-order chi connectivity index (χ0) is 22.6. The number of ether oxygens (including phenoxy) is 1. The van der Waals surface area contributed by atoms with Gasteiger partial charge in [0.1, 0.15) is 17.7 Å². The van der Waals surface area contributed by atoms with Crippen molar-refractivity contribution in [2.24, 2.45) is 5.73 Å². The summed E-state index contributed by atoms with van der Waals surface area (Å²) in [6.45, 7) is 11.4. The maximum absolute atomic E-state index is 14.8. The predicted octanol–water partition coefficient (Wildman–Crippen LogP) is 5.24. The van der Waals surface area contributed by atoms with Crippen LogP contribution in [0.15, 0.2) is 52.1 Å². The van der Waals surface area contributed by atoms with Crippen molar-refractivity contribution in [2.75, 3.05) is 0 Å². The van der Waals surface area contributed by atoms with Gasteiger partial charge in [-0.2, -0.15) is 8.78 Å². The van der Waals surface area contributed by atoms with Gasteiger partial charge in [0, 0.05) is 22.8 Å². The Balaban J connectivity index is 1.98. The van der Waals surface area contributed by atoms with Crippen LogP contribution >= 0.6 is 0 Å². The number of fused-ring (bicyclic) bond motifs is 1. The highest BCUT2D eigenvalue weighted by Crippen LogP contribution is 2.54. The number of primary amides is 1. The Morgan fingerprint density at radius 1 is 1.20 bits per heavy atom. The minimum Gasteiger partial charge on any atom is -0.448 e. The molecule has 0 saturated heterocycles. The van der Waals surface area contributed by atoms with E-state index in [0.717, 1.165) is 12.1 Å². The first-order chi connectivity index (χ1) is 13.6. The first-order valence-corrected chi connectivity index (χ1v) is 12.4. The Hall–Kier alpha value is -2.50. The Kier molecular flexibility index (Phi) is 5.20. The van der Waals surface area contributed by atoms with Gasteiger partial charge < -0.3 is 14.9 Å². The smallest absolute Gasteiger partial charge is 0.309 e. The first kappa shape index (κ1) is 22.2. The molecule has 1 saturated carbocycles. The van der Waals surface area contributed by atoms with Crippen molar-refractivity contribution in [1.29, 1.82) is 0 Å². The fraction of sp³-hybridized carbons (Fsp3) is 0.409. The second kappa shape index (κ2) is 7.03. The molecule has 0 aromatic heterocycles. The fourth-order valence-electron chi connectivity index (χ4n) is 3.00. The highest BCUT2D eigenvalue weighted by atomic mass is 28.4. The van der Waals surface area contributed by atoms with Gasteiger partial charge in [0.05, 0.1) is 5.57 Å². The number of allylic oxidation sites excluding steroid dienone is 1. The number of hydrogen-bond acceptors (Lipinski definition) is 3. The van der Waals surface area contributed by atoms with Crippen molar-refractivity contribution in [3.63, 3.8) is 0 Å². The summed E-state index contributed by atoms with van der Waals surface area (Å²) in [7, 11) is -2.48. The predicted molar refractivity (Wildman–Crippen MR) is 109 cm³/mol. The molecule has 1 aromatic rings. The third kappa shape index (κ3) is 3.68. The standard InChI is InChI=1S/C22H24F3NO3Si/c1-12-17(28-15-10-13(20(26)27)9-14(23)11-15)8-7-16-18(12)19(22(16,24)25)29-30(5,6)21(2,3)4/h9-11,19H,1-6H3,(H2,26,27). The largest absolute Gasteiger partial charge is 0.448 e. The number of nitrogens with two attached hydrogens (primary N) is 1. The van der Waals surface area contributed by atoms with Gasteiger partial charge in [0.25, 0.3) is 0 Å². The highest BCUT2D eigenvalue weighted by Gasteiger charge is 2.62. The van der Waals surface area contributed by atoms with Crippen molar-refractivity contribution >= 4 is 14.2 Å². The molecule has 8 heteroatoms. The molecule has 1 atom stereocenters. The van der Waals surface area contributed by atoms with E-state index in [-0.39, 0.29) is 27.7 Å². The summed E-state index contributed by atoms with van der Waals surface area (Å²) in [6.07, 6.45) is -1.41. The highest BCUT2D eigenvalue weighted by molar-refractivity contribution is 6.74. The Morgan fingerprint density at radius 2 is 1.83 bits per heavy atom. The lowest BCUT2D eigenvalue weighted by Gasteiger charge is -2.48. The van der Waals surface area contributed by atoms with Gasteiger partial charge in [-0.3, -0.25) is 4.79 Å². The summed E-state index contributed by atoms with van der Waals surface area (Å²) in [5.41, 5.74) is 10.6. The van der Waals surface area contributed by atoms with Crippen LogP contribution in [0.5, 0.6) is 5.75 Å². The minimum atomic E-state index is -3.18. The Morgan fingerprint density at radius 3 is 2.40 bits per heavy atom. The normalized spacial score (nSPS) is 20.2. The average molecular weight is 436 g/mol. The number of carbonyl (C=O) groups is 1. The number of alkyl halides is 2. The summed E-state index contributed by atoms with van der Waals surface area (Å²) in [4.78, 5) is 11.4. The van der Waals surface area contributed by atoms with Gasteiger partial charge in [-0.25, -0.2) is 4.39 Å². The lowest BCUT2D eigenvalue weighted by atomic mass is 9.74. The summed E-state index contributed by atoms with van der Waals surface area (Å²) in [5, 5.41) is -0.247. The molecule has 4 nitrogen and oxygen atoms in total. The van der Waals surface area contributed by atoms with E-state index in [1.807, 2.05) is 33.9 Å². The maximum atomic E-state index is 14.8. The molecule has 1 aromatic carbocycles. The zero-order valence-corrected chi connectivity index (χ0v) is 18.7. The Labute approximate surface area is 174 Å². The van der Waals surface area contributed by atoms with Crippen LogP contribution in [-0.4, -0.2) is 26.3 Å². The van der Waals surface area contributed by atoms with E-state index in [1.165, 1.54) is 6.07 Å². The van der Waals surface area contributed by atoms with Gasteiger partial charge in [-0.15, -0.1) is 0 Å². The lowest BCUT2D eigenvalue weighted by molar-refractivity contribution is -0.0852. The molecule has 160 valence electrons. The summed E-state index contributed by atoms with van der Waals surface area (Å²) < 4.78 is 54.9. The van der Waals surface area contributed by atoms with Crippen LogP contribution in [0.25, 0.3) is 0 Å². The van der Waals surface area contributed by atoms with Gasteiger partial charge >= 0.3 is 5.92 Å². The lowest BCUT2D eigenvalue weighted by Crippen LogP contribution is -2.57. The number of carbonyl (C=O) groups excluding carboxylic acids is 1. The van der Waals surface area contributed by atoms with Crippen molar-refractivity contribution in [3.8, 4) is 5.75 Å². The molecule has 0 spiro atoms. The minimum absolute atomic E-state index is 0.00412. The quantitative estimate of drug-likeness (QED) is 0.508. The molecule has 3 rings (SSSR count). The van der Waals surface area contributed by atoms with Crippen molar-refractivity contribution in [1.82, 2.24) is 0 Å². The van der Waals surface area contributed by atoms with E-state index in [0.29, 0.717) is 11.1 Å². The molecule has 0 aliphatic heterocycles. The summed E-state index contributed by atoms with van der Waals surface area (Å²) in [6, 6.07) is 3.33. The number of hydrogen-bond donors (Lipinski definition) is 1. The topological polar surface area (TPSA) is 61.5 Å². The number of rotatable bonds is 5. The number of amides is 1. The van der Waals surface area contributed by atoms with Crippen LogP contribution < -0.4 is 10.5 Å².